The predicted octanol–water partition coefficient (Wildman–Crippen LogP) is 3.41. The predicted molar refractivity (Wildman–Crippen MR) is 87.5 cm³/mol. The molecule has 0 aromatic heterocycles. The van der Waals surface area contributed by atoms with Gasteiger partial charge in [0.15, 0.2) is 0 Å². The van der Waals surface area contributed by atoms with Crippen molar-refractivity contribution >= 4 is 23.5 Å². The summed E-state index contributed by atoms with van der Waals surface area (Å²) in [6, 6.07) is 12.8. The van der Waals surface area contributed by atoms with Gasteiger partial charge in [-0.25, -0.2) is 0 Å². The Labute approximate surface area is 129 Å². The lowest BCUT2D eigenvalue weighted by molar-refractivity contribution is -0.114. The smallest absolute Gasteiger partial charge is 0.221 e. The average molecular weight is 298 g/mol. The summed E-state index contributed by atoms with van der Waals surface area (Å²) < 4.78 is 10.5. The van der Waals surface area contributed by atoms with Gasteiger partial charge in [0.2, 0.25) is 5.91 Å². The van der Waals surface area contributed by atoms with Crippen molar-refractivity contribution in [1.82, 2.24) is 0 Å². The SMILES string of the molecule is COc1ccc(C=Nc2ccc(NC(C)=O)cc2)c(OC)c1. The third kappa shape index (κ3) is 4.09. The zero-order valence-electron chi connectivity index (χ0n) is 12.8. The van der Waals surface area contributed by atoms with Crippen molar-refractivity contribution in [3.63, 3.8) is 0 Å². The van der Waals surface area contributed by atoms with Crippen LogP contribution in [0.3, 0.4) is 0 Å². The Bertz CT molecular complexity index is 679. The molecule has 0 fully saturated rings. The molecular formula is C17H18N2O3. The number of nitrogens with one attached hydrogen (secondary N) is 1. The molecule has 0 aliphatic heterocycles. The van der Waals surface area contributed by atoms with Crippen LogP contribution in [0.5, 0.6) is 11.5 Å². The quantitative estimate of drug-likeness (QED) is 0.860. The number of carbonyl (C=O) groups is 1. The summed E-state index contributed by atoms with van der Waals surface area (Å²) in [6.07, 6.45) is 1.73. The van der Waals surface area contributed by atoms with Gasteiger partial charge in [0, 0.05) is 30.5 Å². The number of methoxy groups -OCH3 is 2. The first-order chi connectivity index (χ1) is 10.6. The second-order valence-electron chi connectivity index (χ2n) is 4.59. The lowest BCUT2D eigenvalue weighted by Gasteiger charge is -2.07. The number of ether oxygens (including phenoxy) is 2. The second kappa shape index (κ2) is 7.26. The summed E-state index contributed by atoms with van der Waals surface area (Å²) in [5, 5.41) is 2.71. The highest BCUT2D eigenvalue weighted by Crippen LogP contribution is 2.24. The van der Waals surface area contributed by atoms with E-state index in [0.717, 1.165) is 22.7 Å². The van der Waals surface area contributed by atoms with Crippen molar-refractivity contribution in [3.8, 4) is 11.5 Å². The molecule has 2 aromatic rings. The summed E-state index contributed by atoms with van der Waals surface area (Å²) in [5.74, 6) is 1.32. The molecule has 0 aliphatic rings. The average Bonchev–Trinajstić information content (AvgIpc) is 2.53. The molecule has 0 aliphatic carbocycles. The maximum absolute atomic E-state index is 11.0. The zero-order valence-corrected chi connectivity index (χ0v) is 12.8. The van der Waals surface area contributed by atoms with Crippen LogP contribution in [0.25, 0.3) is 0 Å². The van der Waals surface area contributed by atoms with Crippen molar-refractivity contribution in [2.75, 3.05) is 19.5 Å². The van der Waals surface area contributed by atoms with E-state index in [4.69, 9.17) is 9.47 Å². The monoisotopic (exact) mass is 298 g/mol. The normalized spacial score (nSPS) is 10.5. The van der Waals surface area contributed by atoms with Gasteiger partial charge < -0.3 is 14.8 Å². The molecule has 2 aromatic carbocycles. The molecule has 22 heavy (non-hydrogen) atoms. The highest BCUT2D eigenvalue weighted by Gasteiger charge is 2.02. The van der Waals surface area contributed by atoms with Gasteiger partial charge in [-0.3, -0.25) is 9.79 Å². The molecule has 5 nitrogen and oxygen atoms in total. The van der Waals surface area contributed by atoms with E-state index < -0.39 is 0 Å². The molecule has 1 amide bonds. The number of aliphatic imine (C=N–C) groups is 1. The fourth-order valence-electron chi connectivity index (χ4n) is 1.90. The van der Waals surface area contributed by atoms with Gasteiger partial charge in [0.05, 0.1) is 19.9 Å². The summed E-state index contributed by atoms with van der Waals surface area (Å²) in [6.45, 7) is 1.47. The Kier molecular flexibility index (Phi) is 5.14. The van der Waals surface area contributed by atoms with Gasteiger partial charge in [0.25, 0.3) is 0 Å². The standard InChI is InChI=1S/C17H18N2O3/c1-12(20)19-15-7-5-14(6-8-15)18-11-13-4-9-16(21-2)10-17(13)22-3/h4-11H,1-3H3,(H,19,20). The van der Waals surface area contributed by atoms with Gasteiger partial charge in [-0.05, 0) is 36.4 Å². The van der Waals surface area contributed by atoms with Crippen molar-refractivity contribution < 1.29 is 14.3 Å². The Morgan fingerprint density at radius 3 is 2.41 bits per heavy atom. The Morgan fingerprint density at radius 1 is 1.09 bits per heavy atom. The summed E-state index contributed by atoms with van der Waals surface area (Å²) in [5.41, 5.74) is 2.38. The number of anilines is 1. The lowest BCUT2D eigenvalue weighted by atomic mass is 10.2. The maximum Gasteiger partial charge on any atom is 0.221 e. The van der Waals surface area contributed by atoms with Crippen molar-refractivity contribution in [3.05, 3.63) is 48.0 Å². The van der Waals surface area contributed by atoms with Crippen molar-refractivity contribution in [1.29, 1.82) is 0 Å². The fourth-order valence-corrected chi connectivity index (χ4v) is 1.90. The summed E-state index contributed by atoms with van der Waals surface area (Å²) >= 11 is 0. The lowest BCUT2D eigenvalue weighted by Crippen LogP contribution is -2.04. The van der Waals surface area contributed by atoms with Crippen molar-refractivity contribution in [2.45, 2.75) is 6.92 Å². The van der Waals surface area contributed by atoms with Gasteiger partial charge in [-0.2, -0.15) is 0 Å². The molecule has 0 saturated carbocycles. The molecule has 0 heterocycles. The highest BCUT2D eigenvalue weighted by molar-refractivity contribution is 5.89. The minimum absolute atomic E-state index is 0.0979. The number of hydrogen-bond donors (Lipinski definition) is 1. The van der Waals surface area contributed by atoms with Crippen LogP contribution in [0.1, 0.15) is 12.5 Å². The summed E-state index contributed by atoms with van der Waals surface area (Å²) in [4.78, 5) is 15.4. The van der Waals surface area contributed by atoms with Crippen LogP contribution in [-0.2, 0) is 4.79 Å². The third-order valence-corrected chi connectivity index (χ3v) is 2.98. The van der Waals surface area contributed by atoms with E-state index in [1.54, 1.807) is 38.6 Å². The molecular weight excluding hydrogens is 280 g/mol. The number of rotatable bonds is 5. The van der Waals surface area contributed by atoms with Gasteiger partial charge in [-0.1, -0.05) is 0 Å². The first-order valence-electron chi connectivity index (χ1n) is 6.76. The van der Waals surface area contributed by atoms with Gasteiger partial charge in [-0.15, -0.1) is 0 Å². The van der Waals surface area contributed by atoms with Crippen LogP contribution in [0.2, 0.25) is 0 Å². The Morgan fingerprint density at radius 2 is 1.82 bits per heavy atom. The van der Waals surface area contributed by atoms with E-state index in [2.05, 4.69) is 10.3 Å². The van der Waals surface area contributed by atoms with Crippen LogP contribution in [0, 0.1) is 0 Å². The molecule has 0 spiro atoms. The van der Waals surface area contributed by atoms with Gasteiger partial charge >= 0.3 is 0 Å². The van der Waals surface area contributed by atoms with Crippen LogP contribution in [0.15, 0.2) is 47.5 Å². The van der Waals surface area contributed by atoms with Crippen LogP contribution in [-0.4, -0.2) is 26.3 Å². The largest absolute Gasteiger partial charge is 0.497 e. The molecule has 5 heteroatoms. The van der Waals surface area contributed by atoms with Crippen LogP contribution < -0.4 is 14.8 Å². The molecule has 114 valence electrons. The van der Waals surface area contributed by atoms with E-state index in [1.807, 2.05) is 24.3 Å². The first kappa shape index (κ1) is 15.6. The number of amides is 1. The number of carbonyl (C=O) groups excluding carboxylic acids is 1. The topological polar surface area (TPSA) is 59.9 Å². The van der Waals surface area contributed by atoms with Crippen molar-refractivity contribution in [2.24, 2.45) is 4.99 Å². The number of nitrogens with zero attached hydrogens (tertiary/aromatic N) is 1. The molecule has 0 bridgehead atoms. The minimum Gasteiger partial charge on any atom is -0.497 e. The number of benzene rings is 2. The summed E-state index contributed by atoms with van der Waals surface area (Å²) in [7, 11) is 3.22. The molecule has 0 saturated heterocycles. The Balaban J connectivity index is 2.16. The van der Waals surface area contributed by atoms with Gasteiger partial charge in [0.1, 0.15) is 11.5 Å². The molecule has 2 rings (SSSR count). The molecule has 1 N–H and O–H groups in total. The minimum atomic E-state index is -0.0979. The van der Waals surface area contributed by atoms with E-state index in [0.29, 0.717) is 5.75 Å². The first-order valence-corrected chi connectivity index (χ1v) is 6.76. The number of hydrogen-bond acceptors (Lipinski definition) is 4. The third-order valence-electron chi connectivity index (χ3n) is 2.98. The second-order valence-corrected chi connectivity index (χ2v) is 4.59. The maximum atomic E-state index is 11.0. The fraction of sp³-hybridized carbons (Fsp3) is 0.176. The van der Waals surface area contributed by atoms with E-state index in [-0.39, 0.29) is 5.91 Å². The molecule has 0 unspecified atom stereocenters. The van der Waals surface area contributed by atoms with E-state index >= 15 is 0 Å². The van der Waals surface area contributed by atoms with Crippen LogP contribution >= 0.6 is 0 Å². The molecule has 0 radical (unpaired) electrons. The van der Waals surface area contributed by atoms with Crippen LogP contribution in [0.4, 0.5) is 11.4 Å². The van der Waals surface area contributed by atoms with E-state index in [1.165, 1.54) is 6.92 Å². The van der Waals surface area contributed by atoms with E-state index in [9.17, 15) is 4.79 Å². The molecule has 0 atom stereocenters. The zero-order chi connectivity index (χ0) is 15.9. The highest BCUT2D eigenvalue weighted by atomic mass is 16.5. The Hall–Kier alpha value is -2.82.